The maximum absolute atomic E-state index is 11.6. The molecule has 3 nitrogen and oxygen atoms in total. The van der Waals surface area contributed by atoms with Gasteiger partial charge in [0.1, 0.15) is 0 Å². The van der Waals surface area contributed by atoms with E-state index in [1.165, 1.54) is 17.8 Å². The van der Waals surface area contributed by atoms with Crippen LogP contribution in [0, 0.1) is 0 Å². The van der Waals surface area contributed by atoms with E-state index in [1.54, 1.807) is 11.7 Å². The smallest absolute Gasteiger partial charge is 0.174 e. The molecule has 2 rings (SSSR count). The lowest BCUT2D eigenvalue weighted by Gasteiger charge is -2.07. The number of carbonyl (C=O) groups is 1. The molecule has 0 amide bonds. The largest absolute Gasteiger partial charge is 0.378 e. The number of aromatic nitrogens is 1. The molecule has 1 aromatic heterocycles. The lowest BCUT2D eigenvalue weighted by atomic mass is 10.1. The van der Waals surface area contributed by atoms with Crippen LogP contribution in [-0.2, 0) is 4.74 Å². The van der Waals surface area contributed by atoms with Crippen LogP contribution >= 0.6 is 11.3 Å². The van der Waals surface area contributed by atoms with Crippen LogP contribution < -0.4 is 0 Å². The van der Waals surface area contributed by atoms with E-state index >= 15 is 0 Å². The number of rotatable bonds is 5. The Labute approximate surface area is 93.5 Å². The molecule has 0 aliphatic carbocycles. The molecule has 15 heavy (non-hydrogen) atoms. The minimum atomic E-state index is 0.218. The molecule has 1 aliphatic rings. The summed E-state index contributed by atoms with van der Waals surface area (Å²) in [5.41, 5.74) is 1.70. The third kappa shape index (κ3) is 3.11. The van der Waals surface area contributed by atoms with Crippen molar-refractivity contribution in [3.63, 3.8) is 0 Å². The number of nitrogens with zero attached hydrogens (tertiary/aromatic N) is 1. The first-order chi connectivity index (χ1) is 7.36. The van der Waals surface area contributed by atoms with Crippen molar-refractivity contribution in [3.8, 4) is 0 Å². The lowest BCUT2D eigenvalue weighted by molar-refractivity contribution is 0.0925. The van der Waals surface area contributed by atoms with Crippen LogP contribution in [0.1, 0.15) is 41.8 Å². The monoisotopic (exact) mass is 225 g/mol. The van der Waals surface area contributed by atoms with Gasteiger partial charge in [0.05, 0.1) is 16.5 Å². The van der Waals surface area contributed by atoms with E-state index in [4.69, 9.17) is 4.74 Å². The Bertz CT molecular complexity index is 304. The summed E-state index contributed by atoms with van der Waals surface area (Å²) in [6.45, 7) is 0.896. The summed E-state index contributed by atoms with van der Waals surface area (Å²) in [6, 6.07) is 0. The Hall–Kier alpha value is -0.740. The zero-order valence-corrected chi connectivity index (χ0v) is 9.46. The summed E-state index contributed by atoms with van der Waals surface area (Å²) in [6.07, 6.45) is 6.97. The van der Waals surface area contributed by atoms with Gasteiger partial charge in [-0.05, 0) is 25.7 Å². The fraction of sp³-hybridized carbons (Fsp3) is 0.636. The number of carbonyl (C=O) groups excluding carboxylic acids is 1. The van der Waals surface area contributed by atoms with Crippen molar-refractivity contribution in [3.05, 3.63) is 16.6 Å². The Balaban J connectivity index is 1.67. The SMILES string of the molecule is O=C(CCCC1CCCO1)c1cncs1. The Kier molecular flexibility index (Phi) is 3.86. The van der Waals surface area contributed by atoms with Crippen molar-refractivity contribution in [2.24, 2.45) is 0 Å². The van der Waals surface area contributed by atoms with Gasteiger partial charge in [0.25, 0.3) is 0 Å². The minimum absolute atomic E-state index is 0.218. The van der Waals surface area contributed by atoms with E-state index in [1.807, 2.05) is 0 Å². The Morgan fingerprint density at radius 1 is 1.67 bits per heavy atom. The van der Waals surface area contributed by atoms with Gasteiger partial charge in [0, 0.05) is 19.2 Å². The van der Waals surface area contributed by atoms with E-state index in [2.05, 4.69) is 4.98 Å². The van der Waals surface area contributed by atoms with Gasteiger partial charge in [-0.15, -0.1) is 11.3 Å². The molecule has 1 fully saturated rings. The Morgan fingerprint density at radius 3 is 3.27 bits per heavy atom. The third-order valence-corrected chi connectivity index (χ3v) is 3.48. The van der Waals surface area contributed by atoms with Gasteiger partial charge in [0.2, 0.25) is 0 Å². The highest BCUT2D eigenvalue weighted by Gasteiger charge is 2.15. The van der Waals surface area contributed by atoms with Crippen LogP contribution in [-0.4, -0.2) is 23.5 Å². The molecular weight excluding hydrogens is 210 g/mol. The molecule has 0 saturated carbocycles. The second kappa shape index (κ2) is 5.37. The maximum atomic E-state index is 11.6. The van der Waals surface area contributed by atoms with Crippen LogP contribution in [0.5, 0.6) is 0 Å². The molecule has 1 aliphatic heterocycles. The molecule has 0 N–H and O–H groups in total. The second-order valence-electron chi connectivity index (χ2n) is 3.82. The zero-order valence-electron chi connectivity index (χ0n) is 8.65. The van der Waals surface area contributed by atoms with Gasteiger partial charge in [-0.3, -0.25) is 9.78 Å². The summed E-state index contributed by atoms with van der Waals surface area (Å²) in [5, 5.41) is 0. The molecule has 0 radical (unpaired) electrons. The molecule has 4 heteroatoms. The molecule has 0 spiro atoms. The van der Waals surface area contributed by atoms with Crippen molar-refractivity contribution in [2.45, 2.75) is 38.2 Å². The number of hydrogen-bond acceptors (Lipinski definition) is 4. The fourth-order valence-corrected chi connectivity index (χ4v) is 2.43. The number of ether oxygens (including phenoxy) is 1. The second-order valence-corrected chi connectivity index (χ2v) is 4.70. The minimum Gasteiger partial charge on any atom is -0.378 e. The quantitative estimate of drug-likeness (QED) is 0.723. The lowest BCUT2D eigenvalue weighted by Crippen LogP contribution is -2.06. The van der Waals surface area contributed by atoms with Crippen molar-refractivity contribution >= 4 is 17.1 Å². The number of ketones is 1. The van der Waals surface area contributed by atoms with E-state index in [0.717, 1.165) is 30.7 Å². The predicted molar refractivity (Wildman–Crippen MR) is 59.3 cm³/mol. The van der Waals surface area contributed by atoms with Gasteiger partial charge in [-0.25, -0.2) is 0 Å². The summed E-state index contributed by atoms with van der Waals surface area (Å²) in [4.78, 5) is 16.3. The summed E-state index contributed by atoms with van der Waals surface area (Å²) in [5.74, 6) is 0.218. The molecule has 1 unspecified atom stereocenters. The summed E-state index contributed by atoms with van der Waals surface area (Å²) in [7, 11) is 0. The van der Waals surface area contributed by atoms with Crippen molar-refractivity contribution in [1.29, 1.82) is 0 Å². The van der Waals surface area contributed by atoms with E-state index in [0.29, 0.717) is 12.5 Å². The summed E-state index contributed by atoms with van der Waals surface area (Å²) < 4.78 is 5.50. The third-order valence-electron chi connectivity index (χ3n) is 2.66. The average Bonchev–Trinajstić information content (AvgIpc) is 2.90. The van der Waals surface area contributed by atoms with Crippen molar-refractivity contribution in [2.75, 3.05) is 6.61 Å². The highest BCUT2D eigenvalue weighted by atomic mass is 32.1. The van der Waals surface area contributed by atoms with Crippen molar-refractivity contribution in [1.82, 2.24) is 4.98 Å². The van der Waals surface area contributed by atoms with Crippen molar-refractivity contribution < 1.29 is 9.53 Å². The standard InChI is InChI=1S/C11H15NO2S/c13-10(11-7-12-8-15-11)5-1-3-9-4-2-6-14-9/h7-9H,1-6H2. The van der Waals surface area contributed by atoms with E-state index in [9.17, 15) is 4.79 Å². The molecule has 1 atom stereocenters. The molecule has 0 bridgehead atoms. The van der Waals surface area contributed by atoms with Crippen LogP contribution in [0.2, 0.25) is 0 Å². The first kappa shape index (κ1) is 10.8. The van der Waals surface area contributed by atoms with Gasteiger partial charge in [-0.1, -0.05) is 0 Å². The average molecular weight is 225 g/mol. The molecule has 1 aromatic rings. The van der Waals surface area contributed by atoms with Crippen LogP contribution in [0.15, 0.2) is 11.7 Å². The van der Waals surface area contributed by atoms with E-state index in [-0.39, 0.29) is 5.78 Å². The molecule has 1 saturated heterocycles. The summed E-state index contributed by atoms with van der Waals surface area (Å²) >= 11 is 1.42. The molecule has 0 aromatic carbocycles. The predicted octanol–water partition coefficient (Wildman–Crippen LogP) is 2.68. The van der Waals surface area contributed by atoms with Crippen LogP contribution in [0.25, 0.3) is 0 Å². The number of hydrogen-bond donors (Lipinski definition) is 0. The first-order valence-corrected chi connectivity index (χ1v) is 6.27. The molecular formula is C11H15NO2S. The number of Topliss-reactive ketones (excluding diaryl/α,β-unsaturated/α-hetero) is 1. The first-order valence-electron chi connectivity index (χ1n) is 5.39. The van der Waals surface area contributed by atoms with Crippen LogP contribution in [0.4, 0.5) is 0 Å². The highest BCUT2D eigenvalue weighted by Crippen LogP contribution is 2.19. The van der Waals surface area contributed by atoms with Gasteiger partial charge < -0.3 is 4.74 Å². The number of thiazole rings is 1. The van der Waals surface area contributed by atoms with Gasteiger partial charge in [0.15, 0.2) is 5.78 Å². The van der Waals surface area contributed by atoms with Gasteiger partial charge in [-0.2, -0.15) is 0 Å². The van der Waals surface area contributed by atoms with Gasteiger partial charge >= 0.3 is 0 Å². The highest BCUT2D eigenvalue weighted by molar-refractivity contribution is 7.11. The Morgan fingerprint density at radius 2 is 2.60 bits per heavy atom. The zero-order chi connectivity index (χ0) is 10.5. The maximum Gasteiger partial charge on any atom is 0.174 e. The molecule has 82 valence electrons. The fourth-order valence-electron chi connectivity index (χ4n) is 1.84. The topological polar surface area (TPSA) is 39.2 Å². The normalized spacial score (nSPS) is 20.7. The molecule has 2 heterocycles. The van der Waals surface area contributed by atoms with E-state index < -0.39 is 0 Å². The van der Waals surface area contributed by atoms with Crippen LogP contribution in [0.3, 0.4) is 0 Å².